The molecule has 2 atom stereocenters. The SMILES string of the molecule is CN1CCC(NC(=O)c2ccc3c(c2)CCCO3)C[C@@H]1c1nc2c([nH]1)CCC=C2. The normalized spacial score (nSPS) is 23.8. The first kappa shape index (κ1) is 18.4. The molecule has 2 N–H and O–H groups in total. The number of aromatic amines is 1. The van der Waals surface area contributed by atoms with Crippen molar-refractivity contribution in [3.8, 4) is 5.75 Å². The molecule has 1 aromatic carbocycles. The number of aryl methyl sites for hydroxylation is 2. The Morgan fingerprint density at radius 3 is 3.17 bits per heavy atom. The second-order valence-electron chi connectivity index (χ2n) is 8.39. The molecular formula is C23H28N4O2. The van der Waals surface area contributed by atoms with E-state index in [2.05, 4.69) is 34.4 Å². The Bertz CT molecular complexity index is 948. The lowest BCUT2D eigenvalue weighted by Gasteiger charge is -2.36. The number of carbonyl (C=O) groups is 1. The van der Waals surface area contributed by atoms with Crippen LogP contribution in [0.25, 0.3) is 6.08 Å². The standard InChI is InChI=1S/C23H28N4O2/c1-27-11-10-17(14-20(27)22-25-18-6-2-3-7-19(18)26-22)24-23(28)16-8-9-21-15(13-16)5-4-12-29-21/h2,6,8-9,13,17,20H,3-5,7,10-12,14H2,1H3,(H,24,28)(H,25,26)/t17?,20-/m1/s1. The number of fused-ring (bicyclic) bond motifs is 2. The number of hydrogen-bond donors (Lipinski definition) is 2. The van der Waals surface area contributed by atoms with Gasteiger partial charge in [0.25, 0.3) is 5.91 Å². The maximum absolute atomic E-state index is 12.9. The van der Waals surface area contributed by atoms with Crippen molar-refractivity contribution in [1.82, 2.24) is 20.2 Å². The van der Waals surface area contributed by atoms with E-state index in [0.29, 0.717) is 0 Å². The van der Waals surface area contributed by atoms with Crippen LogP contribution in [0.4, 0.5) is 0 Å². The molecule has 29 heavy (non-hydrogen) atoms. The van der Waals surface area contributed by atoms with E-state index in [1.54, 1.807) is 0 Å². The molecule has 6 nitrogen and oxygen atoms in total. The number of likely N-dealkylation sites (tertiary alicyclic amines) is 1. The highest BCUT2D eigenvalue weighted by Gasteiger charge is 2.31. The summed E-state index contributed by atoms with van der Waals surface area (Å²) in [5.74, 6) is 1.95. The molecule has 6 heteroatoms. The number of carbonyl (C=O) groups excluding carboxylic acids is 1. The fraction of sp³-hybridized carbons (Fsp3) is 0.478. The molecule has 2 aromatic rings. The van der Waals surface area contributed by atoms with Crippen LogP contribution in [-0.4, -0.2) is 47.0 Å². The van der Waals surface area contributed by atoms with Crippen molar-refractivity contribution in [2.24, 2.45) is 0 Å². The number of allylic oxidation sites excluding steroid dienone is 1. The minimum absolute atomic E-state index is 0.00773. The minimum Gasteiger partial charge on any atom is -0.493 e. The van der Waals surface area contributed by atoms with Gasteiger partial charge in [-0.05, 0) is 75.4 Å². The number of aromatic nitrogens is 2. The summed E-state index contributed by atoms with van der Waals surface area (Å²) < 4.78 is 5.67. The van der Waals surface area contributed by atoms with Crippen molar-refractivity contribution < 1.29 is 9.53 Å². The Balaban J connectivity index is 1.28. The van der Waals surface area contributed by atoms with E-state index in [4.69, 9.17) is 9.72 Å². The van der Waals surface area contributed by atoms with E-state index in [1.807, 2.05) is 18.2 Å². The fourth-order valence-electron chi connectivity index (χ4n) is 4.66. The lowest BCUT2D eigenvalue weighted by atomic mass is 9.96. The molecule has 3 aliphatic rings. The number of amides is 1. The quantitative estimate of drug-likeness (QED) is 0.841. The highest BCUT2D eigenvalue weighted by molar-refractivity contribution is 5.94. The molecule has 1 fully saturated rings. The van der Waals surface area contributed by atoms with Crippen LogP contribution >= 0.6 is 0 Å². The van der Waals surface area contributed by atoms with Crippen LogP contribution in [-0.2, 0) is 12.8 Å². The van der Waals surface area contributed by atoms with E-state index in [1.165, 1.54) is 5.69 Å². The zero-order valence-corrected chi connectivity index (χ0v) is 16.9. The Morgan fingerprint density at radius 2 is 2.28 bits per heavy atom. The van der Waals surface area contributed by atoms with E-state index < -0.39 is 0 Å². The summed E-state index contributed by atoms with van der Waals surface area (Å²) in [5.41, 5.74) is 4.17. The van der Waals surface area contributed by atoms with Crippen LogP contribution in [0.3, 0.4) is 0 Å². The predicted molar refractivity (Wildman–Crippen MR) is 112 cm³/mol. The third-order valence-corrected chi connectivity index (χ3v) is 6.36. The maximum Gasteiger partial charge on any atom is 0.251 e. The van der Waals surface area contributed by atoms with Gasteiger partial charge in [-0.3, -0.25) is 9.69 Å². The number of nitrogens with one attached hydrogen (secondary N) is 2. The van der Waals surface area contributed by atoms with Crippen molar-refractivity contribution in [3.63, 3.8) is 0 Å². The second-order valence-corrected chi connectivity index (χ2v) is 8.39. The van der Waals surface area contributed by atoms with Crippen molar-refractivity contribution in [2.45, 2.75) is 50.6 Å². The number of ether oxygens (including phenoxy) is 1. The average molecular weight is 393 g/mol. The monoisotopic (exact) mass is 392 g/mol. The first-order chi connectivity index (χ1) is 14.2. The van der Waals surface area contributed by atoms with Gasteiger partial charge in [0.2, 0.25) is 0 Å². The fourth-order valence-corrected chi connectivity index (χ4v) is 4.66. The topological polar surface area (TPSA) is 70.2 Å². The summed E-state index contributed by atoms with van der Waals surface area (Å²) in [6.45, 7) is 1.70. The predicted octanol–water partition coefficient (Wildman–Crippen LogP) is 3.26. The van der Waals surface area contributed by atoms with Crippen molar-refractivity contribution >= 4 is 12.0 Å². The van der Waals surface area contributed by atoms with E-state index in [0.717, 1.165) is 80.1 Å². The van der Waals surface area contributed by atoms with Gasteiger partial charge in [0.05, 0.1) is 18.3 Å². The minimum atomic E-state index is 0.00773. The van der Waals surface area contributed by atoms with E-state index in [9.17, 15) is 4.79 Å². The second kappa shape index (κ2) is 7.67. The molecule has 0 radical (unpaired) electrons. The van der Waals surface area contributed by atoms with E-state index >= 15 is 0 Å². The van der Waals surface area contributed by atoms with Gasteiger partial charge in [0.15, 0.2) is 0 Å². The molecule has 1 aliphatic carbocycles. The number of imidazole rings is 1. The lowest BCUT2D eigenvalue weighted by molar-refractivity contribution is 0.0884. The van der Waals surface area contributed by atoms with Crippen molar-refractivity contribution in [2.75, 3.05) is 20.2 Å². The number of rotatable bonds is 3. The van der Waals surface area contributed by atoms with Crippen molar-refractivity contribution in [1.29, 1.82) is 0 Å². The molecule has 2 aliphatic heterocycles. The largest absolute Gasteiger partial charge is 0.493 e. The Morgan fingerprint density at radius 1 is 1.34 bits per heavy atom. The number of benzene rings is 1. The number of piperidine rings is 1. The number of nitrogens with zero attached hydrogens (tertiary/aromatic N) is 2. The molecule has 5 rings (SSSR count). The van der Waals surface area contributed by atoms with Gasteiger partial charge in [0, 0.05) is 23.8 Å². The first-order valence-electron chi connectivity index (χ1n) is 10.7. The summed E-state index contributed by atoms with van der Waals surface area (Å²) in [7, 11) is 2.14. The summed E-state index contributed by atoms with van der Waals surface area (Å²) in [6, 6.07) is 6.14. The first-order valence-corrected chi connectivity index (χ1v) is 10.7. The molecule has 1 amide bonds. The van der Waals surface area contributed by atoms with Gasteiger partial charge in [-0.15, -0.1) is 0 Å². The molecule has 1 saturated heterocycles. The summed E-state index contributed by atoms with van der Waals surface area (Å²) in [5, 5.41) is 3.26. The third kappa shape index (κ3) is 3.69. The molecule has 1 unspecified atom stereocenters. The zero-order valence-electron chi connectivity index (χ0n) is 16.9. The van der Waals surface area contributed by atoms with Crippen LogP contribution in [0.5, 0.6) is 5.75 Å². The molecule has 3 heterocycles. The zero-order chi connectivity index (χ0) is 19.8. The molecule has 0 saturated carbocycles. The van der Waals surface area contributed by atoms with Crippen molar-refractivity contribution in [3.05, 3.63) is 52.6 Å². The van der Waals surface area contributed by atoms with Crippen LogP contribution in [0, 0.1) is 0 Å². The van der Waals surface area contributed by atoms with Crippen LogP contribution in [0.2, 0.25) is 0 Å². The van der Waals surface area contributed by atoms with Crippen LogP contribution < -0.4 is 10.1 Å². The van der Waals surface area contributed by atoms with Crippen LogP contribution in [0.15, 0.2) is 24.3 Å². The average Bonchev–Trinajstić information content (AvgIpc) is 3.18. The molecule has 0 spiro atoms. The molecule has 0 bridgehead atoms. The highest BCUT2D eigenvalue weighted by Crippen LogP contribution is 2.31. The Labute approximate surface area is 171 Å². The van der Waals surface area contributed by atoms with Gasteiger partial charge in [-0.1, -0.05) is 6.08 Å². The van der Waals surface area contributed by atoms with Gasteiger partial charge in [-0.25, -0.2) is 4.98 Å². The summed E-state index contributed by atoms with van der Waals surface area (Å²) in [4.78, 5) is 23.6. The van der Waals surface area contributed by atoms with Gasteiger partial charge < -0.3 is 15.0 Å². The Kier molecular flexibility index (Phi) is 4.87. The van der Waals surface area contributed by atoms with Crippen LogP contribution in [0.1, 0.15) is 64.9 Å². The van der Waals surface area contributed by atoms with E-state index in [-0.39, 0.29) is 18.0 Å². The number of hydrogen-bond acceptors (Lipinski definition) is 4. The highest BCUT2D eigenvalue weighted by atomic mass is 16.5. The van der Waals surface area contributed by atoms with Gasteiger partial charge in [0.1, 0.15) is 11.6 Å². The molecule has 1 aromatic heterocycles. The lowest BCUT2D eigenvalue weighted by Crippen LogP contribution is -2.45. The summed E-state index contributed by atoms with van der Waals surface area (Å²) in [6.07, 6.45) is 10.2. The maximum atomic E-state index is 12.9. The smallest absolute Gasteiger partial charge is 0.251 e. The molecular weight excluding hydrogens is 364 g/mol. The summed E-state index contributed by atoms with van der Waals surface area (Å²) >= 11 is 0. The third-order valence-electron chi connectivity index (χ3n) is 6.36. The molecule has 152 valence electrons. The number of H-pyrrole nitrogens is 1. The Hall–Kier alpha value is -2.60. The van der Waals surface area contributed by atoms with Gasteiger partial charge in [-0.2, -0.15) is 0 Å². The van der Waals surface area contributed by atoms with Gasteiger partial charge >= 0.3 is 0 Å².